The Morgan fingerprint density at radius 2 is 1.83 bits per heavy atom. The molecule has 0 fully saturated rings. The van der Waals surface area contributed by atoms with Crippen LogP contribution in [0.3, 0.4) is 0 Å². The molecule has 0 bridgehead atoms. The van der Waals surface area contributed by atoms with Crippen LogP contribution in [0.25, 0.3) is 11.6 Å². The van der Waals surface area contributed by atoms with Gasteiger partial charge in [0.15, 0.2) is 0 Å². The van der Waals surface area contributed by atoms with Gasteiger partial charge in [-0.3, -0.25) is 10.1 Å². The van der Waals surface area contributed by atoms with Crippen LogP contribution in [-0.2, 0) is 5.41 Å². The normalized spacial score (nSPS) is 11.8. The Morgan fingerprint density at radius 1 is 1.17 bits per heavy atom. The van der Waals surface area contributed by atoms with Crippen molar-refractivity contribution >= 4 is 17.3 Å². The number of nitro benzene ring substituents is 1. The molecule has 0 radical (unpaired) electrons. The van der Waals surface area contributed by atoms with E-state index < -0.39 is 4.92 Å². The zero-order chi connectivity index (χ0) is 17.0. The Hall–Kier alpha value is -2.93. The Balaban J connectivity index is 2.38. The third-order valence-electron chi connectivity index (χ3n) is 3.58. The van der Waals surface area contributed by atoms with Gasteiger partial charge in [0.05, 0.1) is 16.6 Å². The number of rotatable bonds is 3. The summed E-state index contributed by atoms with van der Waals surface area (Å²) in [5.41, 5.74) is 3.09. The molecule has 2 aromatic carbocycles. The van der Waals surface area contributed by atoms with E-state index in [0.29, 0.717) is 11.1 Å². The lowest BCUT2D eigenvalue weighted by atomic mass is 9.86. The maximum atomic E-state index is 10.9. The topological polar surface area (TPSA) is 66.9 Å². The summed E-state index contributed by atoms with van der Waals surface area (Å²) < 4.78 is 0. The molecule has 4 heteroatoms. The minimum Gasteiger partial charge on any atom is -0.258 e. The monoisotopic (exact) mass is 306 g/mol. The predicted octanol–water partition coefficient (Wildman–Crippen LogP) is 4.96. The molecule has 0 saturated heterocycles. The van der Waals surface area contributed by atoms with E-state index in [-0.39, 0.29) is 11.1 Å². The lowest BCUT2D eigenvalue weighted by Gasteiger charge is -2.18. The summed E-state index contributed by atoms with van der Waals surface area (Å²) >= 11 is 0. The van der Waals surface area contributed by atoms with Gasteiger partial charge >= 0.3 is 0 Å². The molecule has 0 atom stereocenters. The molecule has 116 valence electrons. The molecule has 0 saturated carbocycles. The van der Waals surface area contributed by atoms with Crippen molar-refractivity contribution in [1.82, 2.24) is 0 Å². The lowest BCUT2D eigenvalue weighted by Crippen LogP contribution is -2.10. The number of nitro groups is 1. The molecule has 0 heterocycles. The van der Waals surface area contributed by atoms with E-state index in [0.717, 1.165) is 5.56 Å². The molecule has 2 rings (SSSR count). The third-order valence-corrected chi connectivity index (χ3v) is 3.58. The van der Waals surface area contributed by atoms with E-state index >= 15 is 0 Å². The van der Waals surface area contributed by atoms with Crippen molar-refractivity contribution in [3.63, 3.8) is 0 Å². The fourth-order valence-electron chi connectivity index (χ4n) is 2.21. The Kier molecular flexibility index (Phi) is 4.61. The number of nitrogens with zero attached hydrogens (tertiary/aromatic N) is 2. The first-order valence-corrected chi connectivity index (χ1v) is 7.28. The van der Waals surface area contributed by atoms with E-state index in [1.165, 1.54) is 17.7 Å². The first kappa shape index (κ1) is 16.4. The number of hydrogen-bond acceptors (Lipinski definition) is 3. The highest BCUT2D eigenvalue weighted by Crippen LogP contribution is 2.25. The predicted molar refractivity (Wildman–Crippen MR) is 91.7 cm³/mol. The Labute approximate surface area is 135 Å². The van der Waals surface area contributed by atoms with Gasteiger partial charge in [-0.15, -0.1) is 0 Å². The maximum Gasteiger partial charge on any atom is 0.270 e. The molecular weight excluding hydrogens is 288 g/mol. The summed E-state index contributed by atoms with van der Waals surface area (Å²) in [6.45, 7) is 6.42. The van der Waals surface area contributed by atoms with Gasteiger partial charge in [0, 0.05) is 12.1 Å². The standard InChI is InChI=1S/C19H18N2O2/c1-19(2,3)17-9-7-14(8-10-17)11-16(13-20)15-5-4-6-18(12-15)21(22)23/h4-12H,1-3H3/b16-11-. The highest BCUT2D eigenvalue weighted by atomic mass is 16.6. The highest BCUT2D eigenvalue weighted by Gasteiger charge is 2.13. The summed E-state index contributed by atoms with van der Waals surface area (Å²) in [6.07, 6.45) is 1.74. The van der Waals surface area contributed by atoms with Crippen molar-refractivity contribution in [2.75, 3.05) is 0 Å². The number of nitriles is 1. The van der Waals surface area contributed by atoms with Crippen LogP contribution >= 0.6 is 0 Å². The number of hydrogen-bond donors (Lipinski definition) is 0. The van der Waals surface area contributed by atoms with Gasteiger partial charge in [-0.1, -0.05) is 57.2 Å². The molecule has 0 amide bonds. The first-order valence-electron chi connectivity index (χ1n) is 7.28. The van der Waals surface area contributed by atoms with Gasteiger partial charge in [-0.2, -0.15) is 5.26 Å². The SMILES string of the molecule is CC(C)(C)c1ccc(/C=C(/C#N)c2cccc([N+](=O)[O-])c2)cc1. The van der Waals surface area contributed by atoms with E-state index in [9.17, 15) is 15.4 Å². The van der Waals surface area contributed by atoms with Crippen LogP contribution in [0.2, 0.25) is 0 Å². The van der Waals surface area contributed by atoms with E-state index in [4.69, 9.17) is 0 Å². The molecule has 0 aromatic heterocycles. The maximum absolute atomic E-state index is 10.9. The van der Waals surface area contributed by atoms with Crippen LogP contribution < -0.4 is 0 Å². The molecule has 2 aromatic rings. The summed E-state index contributed by atoms with van der Waals surface area (Å²) in [5.74, 6) is 0. The fraction of sp³-hybridized carbons (Fsp3) is 0.211. The van der Waals surface area contributed by atoms with Crippen LogP contribution in [-0.4, -0.2) is 4.92 Å². The van der Waals surface area contributed by atoms with E-state index in [2.05, 4.69) is 26.8 Å². The van der Waals surface area contributed by atoms with Crippen molar-refractivity contribution in [2.24, 2.45) is 0 Å². The molecule has 0 spiro atoms. The van der Waals surface area contributed by atoms with Gasteiger partial charge in [0.1, 0.15) is 0 Å². The number of allylic oxidation sites excluding steroid dienone is 1. The van der Waals surface area contributed by atoms with Crippen molar-refractivity contribution in [3.8, 4) is 6.07 Å². The molecule has 0 aliphatic carbocycles. The van der Waals surface area contributed by atoms with E-state index in [1.807, 2.05) is 24.3 Å². The van der Waals surface area contributed by atoms with Gasteiger partial charge in [-0.05, 0) is 28.2 Å². The zero-order valence-electron chi connectivity index (χ0n) is 13.4. The van der Waals surface area contributed by atoms with Crippen molar-refractivity contribution in [3.05, 3.63) is 75.3 Å². The fourth-order valence-corrected chi connectivity index (χ4v) is 2.21. The van der Waals surface area contributed by atoms with Crippen molar-refractivity contribution in [2.45, 2.75) is 26.2 Å². The van der Waals surface area contributed by atoms with Gasteiger partial charge < -0.3 is 0 Å². The minimum absolute atomic E-state index is 0.0215. The van der Waals surface area contributed by atoms with Gasteiger partial charge in [0.2, 0.25) is 0 Å². The number of non-ortho nitro benzene ring substituents is 1. The Morgan fingerprint density at radius 3 is 2.35 bits per heavy atom. The van der Waals surface area contributed by atoms with Crippen molar-refractivity contribution < 1.29 is 4.92 Å². The van der Waals surface area contributed by atoms with E-state index in [1.54, 1.807) is 18.2 Å². The average molecular weight is 306 g/mol. The van der Waals surface area contributed by atoms with Crippen LogP contribution in [0.4, 0.5) is 5.69 Å². The summed E-state index contributed by atoms with van der Waals surface area (Å²) in [5, 5.41) is 20.2. The van der Waals surface area contributed by atoms with Crippen LogP contribution in [0.1, 0.15) is 37.5 Å². The molecule has 0 N–H and O–H groups in total. The van der Waals surface area contributed by atoms with Crippen LogP contribution in [0.5, 0.6) is 0 Å². The van der Waals surface area contributed by atoms with Gasteiger partial charge in [0.25, 0.3) is 5.69 Å². The highest BCUT2D eigenvalue weighted by molar-refractivity contribution is 5.90. The Bertz CT molecular complexity index is 791. The first-order chi connectivity index (χ1) is 10.8. The summed E-state index contributed by atoms with van der Waals surface area (Å²) in [7, 11) is 0. The average Bonchev–Trinajstić information content (AvgIpc) is 2.52. The lowest BCUT2D eigenvalue weighted by molar-refractivity contribution is -0.384. The smallest absolute Gasteiger partial charge is 0.258 e. The number of benzene rings is 2. The molecule has 0 unspecified atom stereocenters. The third kappa shape index (κ3) is 4.04. The molecule has 0 aliphatic heterocycles. The minimum atomic E-state index is -0.462. The second kappa shape index (κ2) is 6.45. The van der Waals surface area contributed by atoms with Crippen molar-refractivity contribution in [1.29, 1.82) is 5.26 Å². The summed E-state index contributed by atoms with van der Waals surface area (Å²) in [6, 6.07) is 16.2. The second-order valence-corrected chi connectivity index (χ2v) is 6.35. The quantitative estimate of drug-likeness (QED) is 0.348. The molecule has 4 nitrogen and oxygen atoms in total. The molecule has 0 aliphatic rings. The largest absolute Gasteiger partial charge is 0.270 e. The second-order valence-electron chi connectivity index (χ2n) is 6.35. The zero-order valence-corrected chi connectivity index (χ0v) is 13.4. The van der Waals surface area contributed by atoms with Crippen LogP contribution in [0, 0.1) is 21.4 Å². The van der Waals surface area contributed by atoms with Gasteiger partial charge in [-0.25, -0.2) is 0 Å². The molecule has 23 heavy (non-hydrogen) atoms. The molecular formula is C19H18N2O2. The van der Waals surface area contributed by atoms with Crippen LogP contribution in [0.15, 0.2) is 48.5 Å². The summed E-state index contributed by atoms with van der Waals surface area (Å²) in [4.78, 5) is 10.4.